The van der Waals surface area contributed by atoms with Gasteiger partial charge in [0.25, 0.3) is 5.91 Å². The van der Waals surface area contributed by atoms with Gasteiger partial charge in [-0.1, -0.05) is 0 Å². The Kier molecular flexibility index (Phi) is 4.22. The Morgan fingerprint density at radius 2 is 2.11 bits per heavy atom. The maximum atomic E-state index is 13.3. The summed E-state index contributed by atoms with van der Waals surface area (Å²) < 4.78 is 13.3. The van der Waals surface area contributed by atoms with Gasteiger partial charge in [0.2, 0.25) is 5.91 Å². The molecule has 0 heterocycles. The van der Waals surface area contributed by atoms with Crippen LogP contribution in [0, 0.1) is 12.7 Å². The second-order valence-corrected chi connectivity index (χ2v) is 3.80. The van der Waals surface area contributed by atoms with Gasteiger partial charge in [0.15, 0.2) is 0 Å². The van der Waals surface area contributed by atoms with Crippen LogP contribution in [-0.4, -0.2) is 29.6 Å². The van der Waals surface area contributed by atoms with Gasteiger partial charge in [-0.2, -0.15) is 0 Å². The van der Waals surface area contributed by atoms with Gasteiger partial charge in [0, 0.05) is 16.8 Å². The van der Waals surface area contributed by atoms with Gasteiger partial charge in [-0.05, 0) is 19.1 Å². The van der Waals surface area contributed by atoms with E-state index in [9.17, 15) is 14.0 Å². The summed E-state index contributed by atoms with van der Waals surface area (Å²) in [5.41, 5.74) is 10.7. The summed E-state index contributed by atoms with van der Waals surface area (Å²) in [5, 5.41) is 11.3. The molecule has 0 saturated heterocycles. The van der Waals surface area contributed by atoms with Crippen molar-refractivity contribution in [3.63, 3.8) is 0 Å². The Hall–Kier alpha value is -2.15. The van der Waals surface area contributed by atoms with Crippen molar-refractivity contribution < 1.29 is 19.1 Å². The van der Waals surface area contributed by atoms with E-state index in [1.807, 2.05) is 0 Å². The summed E-state index contributed by atoms with van der Waals surface area (Å²) in [7, 11) is 0. The summed E-state index contributed by atoms with van der Waals surface area (Å²) in [6, 6.07) is 2.34. The number of anilines is 1. The van der Waals surface area contributed by atoms with Crippen LogP contribution in [0.5, 0.6) is 0 Å². The van der Waals surface area contributed by atoms with E-state index in [4.69, 9.17) is 16.6 Å². The van der Waals surface area contributed by atoms with Crippen LogP contribution in [-0.2, 0) is 4.79 Å². The summed E-state index contributed by atoms with van der Waals surface area (Å²) in [6.45, 7) is 1.15. The highest BCUT2D eigenvalue weighted by molar-refractivity contribution is 5.95. The van der Waals surface area contributed by atoms with Crippen molar-refractivity contribution in [3.8, 4) is 0 Å². The number of aliphatic hydroxyl groups is 1. The minimum Gasteiger partial charge on any atom is -0.398 e. The van der Waals surface area contributed by atoms with E-state index < -0.39 is 23.7 Å². The molecule has 0 saturated carbocycles. The average Bonchev–Trinajstić information content (AvgIpc) is 2.31. The molecule has 0 aliphatic rings. The van der Waals surface area contributed by atoms with Crippen LogP contribution in [0.25, 0.3) is 0 Å². The molecule has 0 aliphatic heterocycles. The molecule has 2 amide bonds. The number of benzene rings is 1. The topological polar surface area (TPSA) is 118 Å². The second kappa shape index (κ2) is 5.46. The summed E-state index contributed by atoms with van der Waals surface area (Å²) in [5.74, 6) is -2.21. The summed E-state index contributed by atoms with van der Waals surface area (Å²) in [4.78, 5) is 22.1. The van der Waals surface area contributed by atoms with Crippen molar-refractivity contribution in [1.29, 1.82) is 0 Å². The predicted octanol–water partition coefficient (Wildman–Crippen LogP) is -0.708. The lowest BCUT2D eigenvalue weighted by atomic mass is 10.1. The van der Waals surface area contributed by atoms with Crippen molar-refractivity contribution in [1.82, 2.24) is 5.32 Å². The number of carbonyl (C=O) groups excluding carboxylic acids is 2. The van der Waals surface area contributed by atoms with E-state index >= 15 is 0 Å². The number of carbonyl (C=O) groups is 2. The Labute approximate surface area is 103 Å². The van der Waals surface area contributed by atoms with Crippen LogP contribution in [0.1, 0.15) is 15.9 Å². The van der Waals surface area contributed by atoms with Gasteiger partial charge >= 0.3 is 0 Å². The monoisotopic (exact) mass is 255 g/mol. The van der Waals surface area contributed by atoms with Crippen molar-refractivity contribution in [2.75, 3.05) is 12.3 Å². The zero-order valence-electron chi connectivity index (χ0n) is 9.74. The molecular weight excluding hydrogens is 241 g/mol. The SMILES string of the molecule is Cc1c(N)cc(C(=O)NCC(O)C(N)=O)cc1F. The first-order chi connectivity index (χ1) is 8.32. The number of rotatable bonds is 4. The van der Waals surface area contributed by atoms with Gasteiger partial charge < -0.3 is 21.9 Å². The molecule has 0 radical (unpaired) electrons. The number of nitrogen functional groups attached to an aromatic ring is 1. The number of halogens is 1. The first-order valence-electron chi connectivity index (χ1n) is 5.14. The molecule has 0 bridgehead atoms. The fourth-order valence-electron chi connectivity index (χ4n) is 1.22. The van der Waals surface area contributed by atoms with Crippen molar-refractivity contribution in [2.45, 2.75) is 13.0 Å². The molecule has 7 heteroatoms. The van der Waals surface area contributed by atoms with Crippen LogP contribution in [0.2, 0.25) is 0 Å². The highest BCUT2D eigenvalue weighted by Crippen LogP contribution is 2.17. The highest BCUT2D eigenvalue weighted by atomic mass is 19.1. The van der Waals surface area contributed by atoms with Crippen LogP contribution in [0.15, 0.2) is 12.1 Å². The standard InChI is InChI=1S/C11H14FN3O3/c1-5-7(12)2-6(3-8(5)13)11(18)15-4-9(16)10(14)17/h2-3,9,16H,4,13H2,1H3,(H2,14,17)(H,15,18). The van der Waals surface area contributed by atoms with E-state index in [1.165, 1.54) is 13.0 Å². The molecular formula is C11H14FN3O3. The smallest absolute Gasteiger partial charge is 0.251 e. The van der Waals surface area contributed by atoms with E-state index in [0.717, 1.165) is 6.07 Å². The molecule has 0 aromatic heterocycles. The molecule has 0 spiro atoms. The molecule has 6 N–H and O–H groups in total. The van der Waals surface area contributed by atoms with Gasteiger partial charge in [-0.25, -0.2) is 4.39 Å². The maximum Gasteiger partial charge on any atom is 0.251 e. The number of aliphatic hydroxyl groups excluding tert-OH is 1. The maximum absolute atomic E-state index is 13.3. The Morgan fingerprint density at radius 1 is 1.50 bits per heavy atom. The van der Waals surface area contributed by atoms with Crippen LogP contribution < -0.4 is 16.8 Å². The fraction of sp³-hybridized carbons (Fsp3) is 0.273. The van der Waals surface area contributed by atoms with E-state index in [2.05, 4.69) is 5.32 Å². The number of nitrogens with one attached hydrogen (secondary N) is 1. The average molecular weight is 255 g/mol. The van der Waals surface area contributed by atoms with Gasteiger partial charge in [0.1, 0.15) is 11.9 Å². The van der Waals surface area contributed by atoms with Gasteiger partial charge in [-0.3, -0.25) is 9.59 Å². The minimum absolute atomic E-state index is 0.00673. The molecule has 0 fully saturated rings. The second-order valence-electron chi connectivity index (χ2n) is 3.80. The quantitative estimate of drug-likeness (QED) is 0.531. The predicted molar refractivity (Wildman–Crippen MR) is 63.1 cm³/mol. The van der Waals surface area contributed by atoms with E-state index in [0.29, 0.717) is 0 Å². The normalized spacial score (nSPS) is 11.9. The van der Waals surface area contributed by atoms with Gasteiger partial charge in [0.05, 0.1) is 6.54 Å². The third-order valence-corrected chi connectivity index (χ3v) is 2.43. The fourth-order valence-corrected chi connectivity index (χ4v) is 1.22. The zero-order valence-corrected chi connectivity index (χ0v) is 9.74. The highest BCUT2D eigenvalue weighted by Gasteiger charge is 2.15. The number of primary amides is 1. The molecule has 1 atom stereocenters. The lowest BCUT2D eigenvalue weighted by Gasteiger charge is -2.10. The summed E-state index contributed by atoms with van der Waals surface area (Å²) >= 11 is 0. The third kappa shape index (κ3) is 3.17. The number of hydrogen-bond donors (Lipinski definition) is 4. The lowest BCUT2D eigenvalue weighted by Crippen LogP contribution is -2.40. The van der Waals surface area contributed by atoms with Crippen molar-refractivity contribution >= 4 is 17.5 Å². The largest absolute Gasteiger partial charge is 0.398 e. The van der Waals surface area contributed by atoms with Crippen LogP contribution >= 0.6 is 0 Å². The van der Waals surface area contributed by atoms with Gasteiger partial charge in [-0.15, -0.1) is 0 Å². The molecule has 0 aliphatic carbocycles. The molecule has 18 heavy (non-hydrogen) atoms. The lowest BCUT2D eigenvalue weighted by molar-refractivity contribution is -0.125. The Balaban J connectivity index is 2.76. The van der Waals surface area contributed by atoms with E-state index in [1.54, 1.807) is 0 Å². The number of hydrogen-bond acceptors (Lipinski definition) is 4. The number of amides is 2. The summed E-state index contributed by atoms with van der Waals surface area (Å²) in [6.07, 6.45) is -1.48. The Morgan fingerprint density at radius 3 is 2.61 bits per heavy atom. The van der Waals surface area contributed by atoms with E-state index in [-0.39, 0.29) is 23.4 Å². The molecule has 98 valence electrons. The molecule has 1 aromatic rings. The van der Waals surface area contributed by atoms with Crippen LogP contribution in [0.4, 0.5) is 10.1 Å². The van der Waals surface area contributed by atoms with Crippen molar-refractivity contribution in [3.05, 3.63) is 29.1 Å². The zero-order chi connectivity index (χ0) is 13.9. The van der Waals surface area contributed by atoms with Crippen molar-refractivity contribution in [2.24, 2.45) is 5.73 Å². The minimum atomic E-state index is -1.48. The third-order valence-electron chi connectivity index (χ3n) is 2.43. The molecule has 6 nitrogen and oxygen atoms in total. The molecule has 1 unspecified atom stereocenters. The first-order valence-corrected chi connectivity index (χ1v) is 5.14. The van der Waals surface area contributed by atoms with Crippen LogP contribution in [0.3, 0.4) is 0 Å². The number of nitrogens with two attached hydrogens (primary N) is 2. The molecule has 1 aromatic carbocycles. The first kappa shape index (κ1) is 13.9. The molecule has 1 rings (SSSR count). The Bertz CT molecular complexity index is 467.